The van der Waals surface area contributed by atoms with Gasteiger partial charge in [-0.1, -0.05) is 0 Å². The quantitative estimate of drug-likeness (QED) is 0.493. The predicted octanol–water partition coefficient (Wildman–Crippen LogP) is 2.46. The minimum absolute atomic E-state index is 0.359. The minimum atomic E-state index is -0.898. The molecule has 0 aliphatic rings. The van der Waals surface area contributed by atoms with Crippen molar-refractivity contribution in [3.63, 3.8) is 0 Å². The second-order valence-corrected chi connectivity index (χ2v) is 6.10. The Morgan fingerprint density at radius 2 is 2.16 bits per heavy atom. The topological polar surface area (TPSA) is 65.2 Å². The van der Waals surface area contributed by atoms with Gasteiger partial charge in [0.2, 0.25) is 0 Å². The average Bonchev–Trinajstić information content (AvgIpc) is 2.32. The summed E-state index contributed by atoms with van der Waals surface area (Å²) < 4.78 is 4.68. The zero-order valence-electron chi connectivity index (χ0n) is 12.0. The van der Waals surface area contributed by atoms with E-state index >= 15 is 0 Å². The molecule has 1 aromatic rings. The van der Waals surface area contributed by atoms with Crippen molar-refractivity contribution in [1.29, 1.82) is 0 Å². The summed E-state index contributed by atoms with van der Waals surface area (Å²) in [5, 5.41) is 1.02. The number of hydrogen-bond donors (Lipinski definition) is 1. The number of thioether (sulfide) groups is 1. The highest BCUT2D eigenvalue weighted by molar-refractivity contribution is 7.99. The first kappa shape index (κ1) is 16.0. The van der Waals surface area contributed by atoms with Crippen molar-refractivity contribution in [2.75, 3.05) is 12.9 Å². The van der Waals surface area contributed by atoms with E-state index < -0.39 is 5.54 Å². The van der Waals surface area contributed by atoms with Crippen molar-refractivity contribution in [2.45, 2.75) is 44.2 Å². The largest absolute Gasteiger partial charge is 0.468 e. The molecule has 5 heteroatoms. The number of pyridine rings is 1. The molecule has 0 amide bonds. The molecule has 0 radical (unpaired) electrons. The van der Waals surface area contributed by atoms with E-state index in [0.717, 1.165) is 22.9 Å². The molecule has 19 heavy (non-hydrogen) atoms. The van der Waals surface area contributed by atoms with E-state index in [0.29, 0.717) is 6.42 Å². The van der Waals surface area contributed by atoms with Gasteiger partial charge in [0.05, 0.1) is 12.1 Å². The highest BCUT2D eigenvalue weighted by atomic mass is 32.2. The number of carbonyl (C=O) groups excluding carboxylic acids is 1. The van der Waals surface area contributed by atoms with Crippen LogP contribution < -0.4 is 5.73 Å². The van der Waals surface area contributed by atoms with Gasteiger partial charge in [-0.25, -0.2) is 4.98 Å². The van der Waals surface area contributed by atoms with Gasteiger partial charge in [0.25, 0.3) is 0 Å². The van der Waals surface area contributed by atoms with Crippen LogP contribution in [-0.2, 0) is 9.53 Å². The number of rotatable bonds is 6. The number of ether oxygens (including phenoxy) is 1. The normalized spacial score (nSPS) is 13.9. The lowest BCUT2D eigenvalue weighted by molar-refractivity contribution is -0.146. The Labute approximate surface area is 119 Å². The average molecular weight is 282 g/mol. The Morgan fingerprint density at radius 3 is 2.74 bits per heavy atom. The summed E-state index contributed by atoms with van der Waals surface area (Å²) in [4.78, 5) is 15.9. The number of carbonyl (C=O) groups is 1. The molecule has 0 aromatic carbocycles. The van der Waals surface area contributed by atoms with Crippen LogP contribution in [0, 0.1) is 13.8 Å². The van der Waals surface area contributed by atoms with Crippen LogP contribution in [0.3, 0.4) is 0 Å². The lowest BCUT2D eigenvalue weighted by atomic mass is 9.98. The smallest absolute Gasteiger partial charge is 0.325 e. The zero-order chi connectivity index (χ0) is 14.5. The summed E-state index contributed by atoms with van der Waals surface area (Å²) in [6.45, 7) is 5.76. The Kier molecular flexibility index (Phi) is 5.82. The summed E-state index contributed by atoms with van der Waals surface area (Å²) in [5.41, 5.74) is 7.25. The summed E-state index contributed by atoms with van der Waals surface area (Å²) in [7, 11) is 1.36. The molecule has 0 aliphatic heterocycles. The summed E-state index contributed by atoms with van der Waals surface area (Å²) in [6.07, 6.45) is 1.46. The Bertz CT molecular complexity index is 427. The summed E-state index contributed by atoms with van der Waals surface area (Å²) in [5.74, 6) is 0.529. The number of hydrogen-bond acceptors (Lipinski definition) is 5. The third kappa shape index (κ3) is 5.20. The maximum absolute atomic E-state index is 11.4. The van der Waals surface area contributed by atoms with Gasteiger partial charge in [0.1, 0.15) is 5.54 Å². The first-order chi connectivity index (χ1) is 8.85. The fourth-order valence-corrected chi connectivity index (χ4v) is 2.81. The van der Waals surface area contributed by atoms with E-state index in [-0.39, 0.29) is 5.97 Å². The number of aromatic nitrogens is 1. The molecule has 0 saturated heterocycles. The van der Waals surface area contributed by atoms with Crippen molar-refractivity contribution in [3.05, 3.63) is 23.4 Å². The van der Waals surface area contributed by atoms with Crippen molar-refractivity contribution in [3.8, 4) is 0 Å². The van der Waals surface area contributed by atoms with Crippen LogP contribution in [0.5, 0.6) is 0 Å². The maximum atomic E-state index is 11.4. The van der Waals surface area contributed by atoms with E-state index in [1.54, 1.807) is 18.7 Å². The van der Waals surface area contributed by atoms with Crippen LogP contribution in [-0.4, -0.2) is 29.4 Å². The van der Waals surface area contributed by atoms with Gasteiger partial charge >= 0.3 is 5.97 Å². The molecule has 0 spiro atoms. The van der Waals surface area contributed by atoms with Crippen LogP contribution in [0.15, 0.2) is 17.2 Å². The van der Waals surface area contributed by atoms with Crippen molar-refractivity contribution in [2.24, 2.45) is 5.73 Å². The van der Waals surface area contributed by atoms with Gasteiger partial charge < -0.3 is 10.5 Å². The van der Waals surface area contributed by atoms with Crippen LogP contribution in [0.25, 0.3) is 0 Å². The van der Waals surface area contributed by atoms with Crippen LogP contribution in [0.4, 0.5) is 0 Å². The number of methoxy groups -OCH3 is 1. The highest BCUT2D eigenvalue weighted by Gasteiger charge is 2.28. The number of nitrogens with zero attached hydrogens (tertiary/aromatic N) is 1. The lowest BCUT2D eigenvalue weighted by Crippen LogP contribution is -2.45. The molecule has 1 aromatic heterocycles. The number of nitrogens with two attached hydrogens (primary N) is 1. The molecular formula is C14H22N2O2S. The third-order valence-corrected chi connectivity index (χ3v) is 3.81. The Balaban J connectivity index is 2.41. The molecule has 2 N–H and O–H groups in total. The second-order valence-electron chi connectivity index (χ2n) is 4.99. The van der Waals surface area contributed by atoms with Crippen molar-refractivity contribution in [1.82, 2.24) is 4.98 Å². The van der Waals surface area contributed by atoms with E-state index in [1.165, 1.54) is 12.7 Å². The Morgan fingerprint density at radius 1 is 1.47 bits per heavy atom. The zero-order valence-corrected chi connectivity index (χ0v) is 12.8. The fourth-order valence-electron chi connectivity index (χ4n) is 1.83. The van der Waals surface area contributed by atoms with Gasteiger partial charge in [0, 0.05) is 5.69 Å². The Hall–Kier alpha value is -1.07. The van der Waals surface area contributed by atoms with Crippen LogP contribution in [0.1, 0.15) is 31.0 Å². The van der Waals surface area contributed by atoms with E-state index in [2.05, 4.69) is 28.8 Å². The molecule has 0 saturated carbocycles. The van der Waals surface area contributed by atoms with Gasteiger partial charge in [-0.3, -0.25) is 4.79 Å². The van der Waals surface area contributed by atoms with Gasteiger partial charge in [-0.05, 0) is 57.1 Å². The van der Waals surface area contributed by atoms with Gasteiger partial charge in [-0.2, -0.15) is 0 Å². The molecule has 106 valence electrons. The molecule has 1 rings (SSSR count). The van der Waals surface area contributed by atoms with E-state index in [9.17, 15) is 4.79 Å². The van der Waals surface area contributed by atoms with Gasteiger partial charge in [-0.15, -0.1) is 11.8 Å². The van der Waals surface area contributed by atoms with Crippen LogP contribution in [0.2, 0.25) is 0 Å². The first-order valence-electron chi connectivity index (χ1n) is 6.30. The first-order valence-corrected chi connectivity index (χ1v) is 7.29. The molecule has 0 aliphatic carbocycles. The van der Waals surface area contributed by atoms with Crippen molar-refractivity contribution >= 4 is 17.7 Å². The molecular weight excluding hydrogens is 260 g/mol. The number of aryl methyl sites for hydroxylation is 2. The lowest BCUT2D eigenvalue weighted by Gasteiger charge is -2.20. The molecule has 0 bridgehead atoms. The SMILES string of the molecule is COC(=O)C(C)(N)CCCSc1cc(C)cc(C)n1. The van der Waals surface area contributed by atoms with E-state index in [4.69, 9.17) is 5.73 Å². The standard InChI is InChI=1S/C14H22N2O2S/c1-10-8-11(2)16-12(9-10)19-7-5-6-14(3,15)13(17)18-4/h8-9H,5-7,15H2,1-4H3. The monoisotopic (exact) mass is 282 g/mol. The minimum Gasteiger partial charge on any atom is -0.468 e. The highest BCUT2D eigenvalue weighted by Crippen LogP contribution is 2.21. The summed E-state index contributed by atoms with van der Waals surface area (Å²) >= 11 is 1.69. The maximum Gasteiger partial charge on any atom is 0.325 e. The second kappa shape index (κ2) is 6.91. The molecule has 1 unspecified atom stereocenters. The molecule has 1 heterocycles. The van der Waals surface area contributed by atoms with Crippen molar-refractivity contribution < 1.29 is 9.53 Å². The predicted molar refractivity (Wildman–Crippen MR) is 78.3 cm³/mol. The summed E-state index contributed by atoms with van der Waals surface area (Å²) in [6, 6.07) is 4.12. The molecule has 4 nitrogen and oxygen atoms in total. The van der Waals surface area contributed by atoms with Crippen LogP contribution >= 0.6 is 11.8 Å². The fraction of sp³-hybridized carbons (Fsp3) is 0.571. The van der Waals surface area contributed by atoms with E-state index in [1.807, 2.05) is 6.92 Å². The molecule has 0 fully saturated rings. The van der Waals surface area contributed by atoms with Gasteiger partial charge in [0.15, 0.2) is 0 Å². The third-order valence-electron chi connectivity index (χ3n) is 2.82. The molecule has 1 atom stereocenters. The number of esters is 1.